The summed E-state index contributed by atoms with van der Waals surface area (Å²) in [7, 11) is -3.08. The molecule has 3 nitrogen and oxygen atoms in total. The molecule has 0 heterocycles. The van der Waals surface area contributed by atoms with E-state index in [4.69, 9.17) is 0 Å². The van der Waals surface area contributed by atoms with E-state index >= 15 is 0 Å². The van der Waals surface area contributed by atoms with Crippen LogP contribution in [0.5, 0.6) is 0 Å². The first kappa shape index (κ1) is 12.9. The molecule has 0 aliphatic rings. The molecule has 4 heteroatoms. The third kappa shape index (κ3) is 8.25. The lowest BCUT2D eigenvalue weighted by Crippen LogP contribution is -2.41. The fourth-order valence-electron chi connectivity index (χ4n) is 0.908. The van der Waals surface area contributed by atoms with Gasteiger partial charge in [-0.05, 0) is 33.1 Å². The zero-order chi connectivity index (χ0) is 10.7. The summed E-state index contributed by atoms with van der Waals surface area (Å²) in [6.45, 7) is 9.58. The highest BCUT2D eigenvalue weighted by Gasteiger charge is 2.19. The van der Waals surface area contributed by atoms with Crippen LogP contribution in [-0.2, 0) is 10.0 Å². The number of rotatable bonds is 4. The van der Waals surface area contributed by atoms with Gasteiger partial charge in [0.15, 0.2) is 0 Å². The first-order valence-electron chi connectivity index (χ1n) is 4.64. The molecule has 0 spiro atoms. The second kappa shape index (κ2) is 4.42. The maximum Gasteiger partial charge on any atom is 0.212 e. The Kier molecular flexibility index (Phi) is 4.39. The van der Waals surface area contributed by atoms with Crippen molar-refractivity contribution < 1.29 is 8.42 Å². The van der Waals surface area contributed by atoms with Crippen LogP contribution < -0.4 is 4.72 Å². The van der Waals surface area contributed by atoms with Crippen LogP contribution in [0, 0.1) is 5.92 Å². The fourth-order valence-corrected chi connectivity index (χ4v) is 2.73. The van der Waals surface area contributed by atoms with Crippen molar-refractivity contribution in [3.05, 3.63) is 0 Å². The van der Waals surface area contributed by atoms with E-state index in [0.29, 0.717) is 12.3 Å². The Bertz CT molecular complexity index is 237. The van der Waals surface area contributed by atoms with Crippen molar-refractivity contribution in [1.82, 2.24) is 4.72 Å². The predicted molar refractivity (Wildman–Crippen MR) is 56.1 cm³/mol. The van der Waals surface area contributed by atoms with Crippen molar-refractivity contribution in [3.8, 4) is 0 Å². The van der Waals surface area contributed by atoms with E-state index in [-0.39, 0.29) is 11.3 Å². The van der Waals surface area contributed by atoms with Gasteiger partial charge < -0.3 is 0 Å². The smallest absolute Gasteiger partial charge is 0.212 e. The lowest BCUT2D eigenvalue weighted by Gasteiger charge is -2.20. The van der Waals surface area contributed by atoms with Crippen molar-refractivity contribution in [3.63, 3.8) is 0 Å². The molecule has 0 radical (unpaired) electrons. The van der Waals surface area contributed by atoms with Crippen LogP contribution in [0.2, 0.25) is 0 Å². The van der Waals surface area contributed by atoms with E-state index in [1.807, 2.05) is 34.6 Å². The number of hydrogen-bond acceptors (Lipinski definition) is 2. The zero-order valence-electron chi connectivity index (χ0n) is 9.22. The molecule has 0 rings (SSSR count). The summed E-state index contributed by atoms with van der Waals surface area (Å²) < 4.78 is 25.5. The SMILES string of the molecule is CC(C)CCS(=O)(=O)NC(C)(C)C. The molecule has 0 aliphatic heterocycles. The number of hydrogen-bond donors (Lipinski definition) is 1. The van der Waals surface area contributed by atoms with Gasteiger partial charge in [0.2, 0.25) is 10.0 Å². The topological polar surface area (TPSA) is 46.2 Å². The monoisotopic (exact) mass is 207 g/mol. The van der Waals surface area contributed by atoms with Crippen LogP contribution in [0.3, 0.4) is 0 Å². The number of sulfonamides is 1. The molecule has 0 saturated heterocycles. The Hall–Kier alpha value is -0.0900. The molecular weight excluding hydrogens is 186 g/mol. The zero-order valence-corrected chi connectivity index (χ0v) is 10.0. The van der Waals surface area contributed by atoms with E-state index in [0.717, 1.165) is 0 Å². The Morgan fingerprint density at radius 2 is 1.69 bits per heavy atom. The molecule has 0 aromatic carbocycles. The average molecular weight is 207 g/mol. The summed E-state index contributed by atoms with van der Waals surface area (Å²) in [6.07, 6.45) is 0.714. The predicted octanol–water partition coefficient (Wildman–Crippen LogP) is 1.75. The van der Waals surface area contributed by atoms with E-state index in [9.17, 15) is 8.42 Å². The van der Waals surface area contributed by atoms with Gasteiger partial charge in [0.05, 0.1) is 5.75 Å². The second-order valence-electron chi connectivity index (χ2n) is 4.85. The maximum atomic E-state index is 11.4. The van der Waals surface area contributed by atoms with Gasteiger partial charge in [-0.25, -0.2) is 13.1 Å². The maximum absolute atomic E-state index is 11.4. The first-order chi connectivity index (χ1) is 5.62. The minimum Gasteiger partial charge on any atom is -0.212 e. The minimum absolute atomic E-state index is 0.224. The molecule has 80 valence electrons. The van der Waals surface area contributed by atoms with Crippen LogP contribution in [0.1, 0.15) is 41.0 Å². The molecule has 0 atom stereocenters. The van der Waals surface area contributed by atoms with Gasteiger partial charge in [-0.2, -0.15) is 0 Å². The molecule has 0 aromatic heterocycles. The molecule has 0 saturated carbocycles. The molecule has 0 aromatic rings. The largest absolute Gasteiger partial charge is 0.212 e. The second-order valence-corrected chi connectivity index (χ2v) is 6.70. The molecule has 0 fully saturated rings. The normalized spacial score (nSPS) is 13.7. The summed E-state index contributed by atoms with van der Waals surface area (Å²) in [5, 5.41) is 0. The quantitative estimate of drug-likeness (QED) is 0.763. The van der Waals surface area contributed by atoms with Gasteiger partial charge in [-0.1, -0.05) is 13.8 Å². The lowest BCUT2D eigenvalue weighted by molar-refractivity contribution is 0.486. The van der Waals surface area contributed by atoms with Crippen LogP contribution in [0.15, 0.2) is 0 Å². The van der Waals surface area contributed by atoms with Crippen molar-refractivity contribution in [1.29, 1.82) is 0 Å². The fraction of sp³-hybridized carbons (Fsp3) is 1.00. The minimum atomic E-state index is -3.08. The van der Waals surface area contributed by atoms with Gasteiger partial charge in [0.25, 0.3) is 0 Å². The molecule has 0 aliphatic carbocycles. The highest BCUT2D eigenvalue weighted by atomic mass is 32.2. The van der Waals surface area contributed by atoms with Crippen LogP contribution in [-0.4, -0.2) is 19.7 Å². The van der Waals surface area contributed by atoms with E-state index < -0.39 is 10.0 Å². The number of nitrogens with one attached hydrogen (secondary N) is 1. The summed E-state index contributed by atoms with van der Waals surface area (Å²) in [5.74, 6) is 0.651. The standard InChI is InChI=1S/C9H21NO2S/c1-8(2)6-7-13(11,12)10-9(3,4)5/h8,10H,6-7H2,1-5H3. The van der Waals surface area contributed by atoms with Gasteiger partial charge >= 0.3 is 0 Å². The van der Waals surface area contributed by atoms with Gasteiger partial charge in [0, 0.05) is 5.54 Å². The van der Waals surface area contributed by atoms with Gasteiger partial charge in [-0.15, -0.1) is 0 Å². The molecule has 0 bridgehead atoms. The summed E-state index contributed by atoms with van der Waals surface area (Å²) in [6, 6.07) is 0. The van der Waals surface area contributed by atoms with Crippen molar-refractivity contribution in [2.45, 2.75) is 46.6 Å². The Labute approximate surface area is 82.0 Å². The van der Waals surface area contributed by atoms with Crippen LogP contribution >= 0.6 is 0 Å². The molecule has 0 amide bonds. The Balaban J connectivity index is 4.11. The van der Waals surface area contributed by atoms with E-state index in [2.05, 4.69) is 4.72 Å². The highest BCUT2D eigenvalue weighted by Crippen LogP contribution is 2.06. The van der Waals surface area contributed by atoms with Crippen LogP contribution in [0.25, 0.3) is 0 Å². The Morgan fingerprint density at radius 1 is 1.23 bits per heavy atom. The molecular formula is C9H21NO2S. The third-order valence-electron chi connectivity index (χ3n) is 1.43. The van der Waals surface area contributed by atoms with E-state index in [1.165, 1.54) is 0 Å². The summed E-state index contributed by atoms with van der Waals surface area (Å²) in [4.78, 5) is 0. The lowest BCUT2D eigenvalue weighted by atomic mass is 10.1. The van der Waals surface area contributed by atoms with Gasteiger partial charge in [0.1, 0.15) is 0 Å². The first-order valence-corrected chi connectivity index (χ1v) is 6.29. The van der Waals surface area contributed by atoms with Crippen molar-refractivity contribution in [2.75, 3.05) is 5.75 Å². The van der Waals surface area contributed by atoms with Gasteiger partial charge in [-0.3, -0.25) is 0 Å². The van der Waals surface area contributed by atoms with Crippen molar-refractivity contribution >= 4 is 10.0 Å². The molecule has 0 unspecified atom stereocenters. The van der Waals surface area contributed by atoms with Crippen molar-refractivity contribution in [2.24, 2.45) is 5.92 Å². The Morgan fingerprint density at radius 3 is 2.00 bits per heavy atom. The summed E-state index contributed by atoms with van der Waals surface area (Å²) in [5.41, 5.74) is -0.365. The molecule has 13 heavy (non-hydrogen) atoms. The third-order valence-corrected chi connectivity index (χ3v) is 3.12. The highest BCUT2D eigenvalue weighted by molar-refractivity contribution is 7.89. The molecule has 1 N–H and O–H groups in total. The van der Waals surface area contributed by atoms with Crippen LogP contribution in [0.4, 0.5) is 0 Å². The van der Waals surface area contributed by atoms with E-state index in [1.54, 1.807) is 0 Å². The average Bonchev–Trinajstić information content (AvgIpc) is 1.78. The summed E-state index contributed by atoms with van der Waals surface area (Å²) >= 11 is 0.